The van der Waals surface area contributed by atoms with E-state index in [0.29, 0.717) is 13.2 Å². The summed E-state index contributed by atoms with van der Waals surface area (Å²) < 4.78 is 4.81. The van der Waals surface area contributed by atoms with Crippen LogP contribution < -0.4 is 11.1 Å². The molecule has 1 unspecified atom stereocenters. The minimum atomic E-state index is -0.408. The number of hydrogen-bond donors (Lipinski definition) is 2. The second kappa shape index (κ2) is 6.85. The van der Waals surface area contributed by atoms with Crippen molar-refractivity contribution < 1.29 is 9.53 Å². The van der Waals surface area contributed by atoms with Gasteiger partial charge in [0.2, 0.25) is 0 Å². The summed E-state index contributed by atoms with van der Waals surface area (Å²) in [4.78, 5) is 11.2. The Kier molecular flexibility index (Phi) is 5.36. The molecular weight excluding hydrogens is 204 g/mol. The molecule has 0 radical (unpaired) electrons. The number of carbonyl (C=O) groups excluding carboxylic acids is 1. The molecule has 1 atom stereocenters. The van der Waals surface area contributed by atoms with Crippen LogP contribution in [0.15, 0.2) is 30.3 Å². The van der Waals surface area contributed by atoms with Gasteiger partial charge < -0.3 is 15.8 Å². The maximum Gasteiger partial charge on any atom is 0.407 e. The zero-order valence-electron chi connectivity index (χ0n) is 9.48. The molecule has 0 aromatic heterocycles. The summed E-state index contributed by atoms with van der Waals surface area (Å²) in [5.74, 6) is 0. The third kappa shape index (κ3) is 4.31. The number of ether oxygens (including phenoxy) is 1. The Hall–Kier alpha value is -1.55. The maximum atomic E-state index is 11.2. The minimum Gasteiger partial charge on any atom is -0.450 e. The van der Waals surface area contributed by atoms with Crippen molar-refractivity contribution in [3.8, 4) is 0 Å². The number of alkyl carbamates (subject to hydrolysis) is 1. The van der Waals surface area contributed by atoms with Gasteiger partial charge in [-0.2, -0.15) is 0 Å². The van der Waals surface area contributed by atoms with Gasteiger partial charge in [-0.25, -0.2) is 4.79 Å². The van der Waals surface area contributed by atoms with Crippen molar-refractivity contribution >= 4 is 6.09 Å². The third-order valence-corrected chi connectivity index (χ3v) is 2.21. The lowest BCUT2D eigenvalue weighted by molar-refractivity contribution is 0.148. The first-order chi connectivity index (χ1) is 7.76. The van der Waals surface area contributed by atoms with Crippen LogP contribution in [0, 0.1) is 0 Å². The average molecular weight is 222 g/mol. The molecule has 3 N–H and O–H groups in total. The molecule has 0 heterocycles. The van der Waals surface area contributed by atoms with Crippen LogP contribution in [0.25, 0.3) is 0 Å². The lowest BCUT2D eigenvalue weighted by atomic mass is 10.1. The van der Waals surface area contributed by atoms with E-state index in [4.69, 9.17) is 10.5 Å². The molecule has 0 saturated carbocycles. The highest BCUT2D eigenvalue weighted by Crippen LogP contribution is 2.02. The summed E-state index contributed by atoms with van der Waals surface area (Å²) in [5, 5.41) is 2.73. The molecule has 0 saturated heterocycles. The predicted octanol–water partition coefficient (Wildman–Crippen LogP) is 1.30. The van der Waals surface area contributed by atoms with Crippen molar-refractivity contribution in [1.82, 2.24) is 5.32 Å². The Morgan fingerprint density at radius 1 is 1.44 bits per heavy atom. The highest BCUT2D eigenvalue weighted by Gasteiger charge is 2.11. The number of benzene rings is 1. The van der Waals surface area contributed by atoms with Crippen LogP contribution in [-0.2, 0) is 11.2 Å². The highest BCUT2D eigenvalue weighted by atomic mass is 16.5. The summed E-state index contributed by atoms with van der Waals surface area (Å²) in [6, 6.07) is 9.83. The molecule has 1 aromatic carbocycles. The largest absolute Gasteiger partial charge is 0.450 e. The lowest BCUT2D eigenvalue weighted by Gasteiger charge is -2.16. The quantitative estimate of drug-likeness (QED) is 0.789. The minimum absolute atomic E-state index is 0.0820. The zero-order chi connectivity index (χ0) is 11.8. The molecule has 0 aliphatic heterocycles. The number of hydrogen-bond acceptors (Lipinski definition) is 3. The van der Waals surface area contributed by atoms with Gasteiger partial charge in [-0.05, 0) is 18.9 Å². The van der Waals surface area contributed by atoms with Gasteiger partial charge in [0.15, 0.2) is 0 Å². The standard InChI is InChI=1S/C12H18N2O2/c1-2-16-12(15)14-11(9-13)8-10-6-4-3-5-7-10/h3-7,11H,2,8-9,13H2,1H3,(H,14,15). The first-order valence-corrected chi connectivity index (χ1v) is 5.43. The monoisotopic (exact) mass is 222 g/mol. The molecule has 4 nitrogen and oxygen atoms in total. The van der Waals surface area contributed by atoms with E-state index in [9.17, 15) is 4.79 Å². The van der Waals surface area contributed by atoms with Gasteiger partial charge in [-0.3, -0.25) is 0 Å². The van der Waals surface area contributed by atoms with E-state index >= 15 is 0 Å². The third-order valence-electron chi connectivity index (χ3n) is 2.21. The highest BCUT2D eigenvalue weighted by molar-refractivity contribution is 5.67. The Balaban J connectivity index is 2.46. The molecular formula is C12H18N2O2. The van der Waals surface area contributed by atoms with E-state index in [1.165, 1.54) is 0 Å². The van der Waals surface area contributed by atoms with E-state index in [2.05, 4.69) is 5.32 Å². The molecule has 0 aliphatic carbocycles. The van der Waals surface area contributed by atoms with Crippen LogP contribution in [0.4, 0.5) is 4.79 Å². The van der Waals surface area contributed by atoms with Gasteiger partial charge in [0.05, 0.1) is 6.61 Å². The topological polar surface area (TPSA) is 64.3 Å². The average Bonchev–Trinajstić information content (AvgIpc) is 2.30. The number of rotatable bonds is 5. The smallest absolute Gasteiger partial charge is 0.407 e. The van der Waals surface area contributed by atoms with Gasteiger partial charge in [0, 0.05) is 12.6 Å². The number of nitrogens with one attached hydrogen (secondary N) is 1. The van der Waals surface area contributed by atoms with Gasteiger partial charge in [0.1, 0.15) is 0 Å². The van der Waals surface area contributed by atoms with Crippen LogP contribution >= 0.6 is 0 Å². The van der Waals surface area contributed by atoms with Crippen LogP contribution in [-0.4, -0.2) is 25.3 Å². The van der Waals surface area contributed by atoms with Crippen molar-refractivity contribution in [3.05, 3.63) is 35.9 Å². The van der Waals surface area contributed by atoms with Crippen molar-refractivity contribution in [1.29, 1.82) is 0 Å². The van der Waals surface area contributed by atoms with Crippen LogP contribution in [0.5, 0.6) is 0 Å². The molecule has 0 spiro atoms. The summed E-state index contributed by atoms with van der Waals surface area (Å²) in [5.41, 5.74) is 6.74. The first kappa shape index (κ1) is 12.5. The molecule has 0 aliphatic rings. The van der Waals surface area contributed by atoms with Gasteiger partial charge >= 0.3 is 6.09 Å². The Morgan fingerprint density at radius 3 is 2.69 bits per heavy atom. The normalized spacial score (nSPS) is 11.9. The molecule has 1 rings (SSSR count). The van der Waals surface area contributed by atoms with Crippen molar-refractivity contribution in [2.45, 2.75) is 19.4 Å². The van der Waals surface area contributed by atoms with Crippen LogP contribution in [0.3, 0.4) is 0 Å². The second-order valence-electron chi connectivity index (χ2n) is 3.49. The van der Waals surface area contributed by atoms with Crippen molar-refractivity contribution in [2.24, 2.45) is 5.73 Å². The van der Waals surface area contributed by atoms with E-state index in [-0.39, 0.29) is 6.04 Å². The van der Waals surface area contributed by atoms with E-state index in [1.54, 1.807) is 6.92 Å². The molecule has 88 valence electrons. The molecule has 1 amide bonds. The van der Waals surface area contributed by atoms with Gasteiger partial charge in [0.25, 0.3) is 0 Å². The maximum absolute atomic E-state index is 11.2. The zero-order valence-corrected chi connectivity index (χ0v) is 9.48. The van der Waals surface area contributed by atoms with Crippen LogP contribution in [0.1, 0.15) is 12.5 Å². The number of carbonyl (C=O) groups is 1. The fraction of sp³-hybridized carbons (Fsp3) is 0.417. The van der Waals surface area contributed by atoms with Crippen molar-refractivity contribution in [3.63, 3.8) is 0 Å². The number of nitrogens with two attached hydrogens (primary N) is 1. The molecule has 1 aromatic rings. The summed E-state index contributed by atoms with van der Waals surface area (Å²) >= 11 is 0. The number of amides is 1. The van der Waals surface area contributed by atoms with E-state index < -0.39 is 6.09 Å². The Morgan fingerprint density at radius 2 is 2.12 bits per heavy atom. The first-order valence-electron chi connectivity index (χ1n) is 5.43. The Bertz CT molecular complexity index is 314. The van der Waals surface area contributed by atoms with Gasteiger partial charge in [-0.15, -0.1) is 0 Å². The predicted molar refractivity (Wildman–Crippen MR) is 63.1 cm³/mol. The molecule has 4 heteroatoms. The van der Waals surface area contributed by atoms with E-state index in [0.717, 1.165) is 12.0 Å². The summed E-state index contributed by atoms with van der Waals surface area (Å²) in [7, 11) is 0. The lowest BCUT2D eigenvalue weighted by Crippen LogP contribution is -2.41. The summed E-state index contributed by atoms with van der Waals surface area (Å²) in [6.07, 6.45) is 0.310. The van der Waals surface area contributed by atoms with Gasteiger partial charge in [-0.1, -0.05) is 30.3 Å². The second-order valence-corrected chi connectivity index (χ2v) is 3.49. The summed E-state index contributed by atoms with van der Waals surface area (Å²) in [6.45, 7) is 2.54. The van der Waals surface area contributed by atoms with Crippen LogP contribution in [0.2, 0.25) is 0 Å². The molecule has 0 bridgehead atoms. The van der Waals surface area contributed by atoms with E-state index in [1.807, 2.05) is 30.3 Å². The SMILES string of the molecule is CCOC(=O)NC(CN)Cc1ccccc1. The van der Waals surface area contributed by atoms with Crippen molar-refractivity contribution in [2.75, 3.05) is 13.2 Å². The Labute approximate surface area is 95.8 Å². The molecule has 16 heavy (non-hydrogen) atoms. The molecule has 0 fully saturated rings. The fourth-order valence-corrected chi connectivity index (χ4v) is 1.43. The fourth-order valence-electron chi connectivity index (χ4n) is 1.43.